The van der Waals surface area contributed by atoms with E-state index in [1.165, 1.54) is 0 Å². The number of furan rings is 2. The van der Waals surface area contributed by atoms with Gasteiger partial charge in [-0.25, -0.2) is 4.85 Å². The standard InChI is InChI=1S/C72H44N6O2/c1-39-22-28-56-49(34-39)50-35-40(2)23-29-57(50)75(56)69-53(38-73)70(77-54-18-10-6-14-43(54)45-26-32-62-64(67(45)77)47-16-8-12-20-60(47)79-62)72(76-58-30-24-41(3)36-51(58)52-37-42(4)25-31-59(52)76)71(66(69)74-5)78-55-19-11-7-15-44(55)46-27-33-63-65(68(46)78)48-17-9-13-21-61(48)80-63/h6-37H,1-4H3. The minimum absolute atomic E-state index is 0.321. The van der Waals surface area contributed by atoms with E-state index in [1.54, 1.807) is 0 Å². The second kappa shape index (κ2) is 15.9. The van der Waals surface area contributed by atoms with Gasteiger partial charge in [-0.05, 0) is 125 Å². The van der Waals surface area contributed by atoms with Gasteiger partial charge in [-0.3, -0.25) is 0 Å². The lowest BCUT2D eigenvalue weighted by atomic mass is 10.0. The number of fused-ring (bicyclic) bond motifs is 20. The van der Waals surface area contributed by atoms with E-state index in [-0.39, 0.29) is 0 Å². The predicted octanol–water partition coefficient (Wildman–Crippen LogP) is 19.5. The van der Waals surface area contributed by atoms with Gasteiger partial charge in [0.2, 0.25) is 5.69 Å². The number of hydrogen-bond donors (Lipinski definition) is 0. The quantitative estimate of drug-likeness (QED) is 0.165. The second-order valence-electron chi connectivity index (χ2n) is 21.7. The number of benzene rings is 11. The van der Waals surface area contributed by atoms with Crippen LogP contribution in [0.15, 0.2) is 203 Å². The third-order valence-corrected chi connectivity index (χ3v) is 17.0. The number of hydrogen-bond acceptors (Lipinski definition) is 3. The zero-order valence-corrected chi connectivity index (χ0v) is 44.0. The largest absolute Gasteiger partial charge is 0.456 e. The van der Waals surface area contributed by atoms with Crippen LogP contribution in [0.4, 0.5) is 5.69 Å². The van der Waals surface area contributed by atoms with E-state index in [1.807, 2.05) is 24.3 Å². The molecule has 8 nitrogen and oxygen atoms in total. The van der Waals surface area contributed by atoms with Crippen LogP contribution in [0.1, 0.15) is 27.8 Å². The van der Waals surface area contributed by atoms with Crippen LogP contribution in [-0.2, 0) is 0 Å². The number of aromatic nitrogens is 4. The van der Waals surface area contributed by atoms with Crippen molar-refractivity contribution in [1.82, 2.24) is 18.3 Å². The highest BCUT2D eigenvalue weighted by molar-refractivity contribution is 6.27. The van der Waals surface area contributed by atoms with E-state index in [2.05, 4.69) is 222 Å². The molecular weight excluding hydrogens is 981 g/mol. The van der Waals surface area contributed by atoms with Gasteiger partial charge in [0.05, 0.1) is 89.8 Å². The minimum atomic E-state index is 0.321. The highest BCUT2D eigenvalue weighted by Crippen LogP contribution is 2.54. The topological polar surface area (TPSA) is 74.2 Å². The molecule has 6 aromatic heterocycles. The van der Waals surface area contributed by atoms with Gasteiger partial charge in [0.25, 0.3) is 0 Å². The highest BCUT2D eigenvalue weighted by atomic mass is 16.3. The van der Waals surface area contributed by atoms with E-state index in [9.17, 15) is 11.8 Å². The number of aryl methyl sites for hydroxylation is 4. The van der Waals surface area contributed by atoms with Gasteiger partial charge in [0.1, 0.15) is 28.4 Å². The maximum Gasteiger partial charge on any atom is 0.237 e. The molecule has 0 aliphatic rings. The summed E-state index contributed by atoms with van der Waals surface area (Å²) in [5.41, 5.74) is 17.8. The van der Waals surface area contributed by atoms with Gasteiger partial charge >= 0.3 is 0 Å². The molecule has 0 radical (unpaired) electrons. The van der Waals surface area contributed by atoms with E-state index in [0.717, 1.165) is 153 Å². The SMILES string of the molecule is [C-]#[N+]c1c(-n2c3ccc(C)cc3c3cc(C)ccc32)c(C#N)c(-n2c3ccccc3c3ccc4oc5ccccc5c4c32)c(-n2c3ccc(C)cc3c3cc(C)ccc32)c1-n1c2ccccc2c2ccc3oc4ccccc4c3c21. The molecule has 6 heterocycles. The third kappa shape index (κ3) is 5.71. The molecule has 80 heavy (non-hydrogen) atoms. The minimum Gasteiger partial charge on any atom is -0.456 e. The molecule has 17 aromatic rings. The van der Waals surface area contributed by atoms with Crippen LogP contribution in [0.5, 0.6) is 0 Å². The summed E-state index contributed by atoms with van der Waals surface area (Å²) in [6.45, 7) is 18.5. The van der Waals surface area contributed by atoms with Crippen LogP contribution in [-0.4, -0.2) is 18.3 Å². The first-order chi connectivity index (χ1) is 39.3. The summed E-state index contributed by atoms with van der Waals surface area (Å²) in [5, 5.41) is 24.9. The second-order valence-corrected chi connectivity index (χ2v) is 21.7. The van der Waals surface area contributed by atoms with Gasteiger partial charge < -0.3 is 27.1 Å². The Bertz CT molecular complexity index is 5410. The molecule has 0 amide bonds. The first-order valence-corrected chi connectivity index (χ1v) is 27.0. The summed E-state index contributed by atoms with van der Waals surface area (Å²) < 4.78 is 22.8. The van der Waals surface area contributed by atoms with Crippen LogP contribution in [0, 0.1) is 45.6 Å². The summed E-state index contributed by atoms with van der Waals surface area (Å²) in [6, 6.07) is 71.3. The Morgan fingerprint density at radius 1 is 0.350 bits per heavy atom. The molecule has 0 saturated heterocycles. The molecule has 0 unspecified atom stereocenters. The summed E-state index contributed by atoms with van der Waals surface area (Å²) >= 11 is 0. The number of para-hydroxylation sites is 4. The zero-order chi connectivity index (χ0) is 53.4. The summed E-state index contributed by atoms with van der Waals surface area (Å²) in [7, 11) is 0. The number of nitriles is 1. The average Bonchev–Trinajstić information content (AvgIpc) is 4.47. The van der Waals surface area contributed by atoms with Gasteiger partial charge in [0.15, 0.2) is 0 Å². The molecule has 0 saturated carbocycles. The van der Waals surface area contributed by atoms with Crippen molar-refractivity contribution >= 4 is 137 Å². The Kier molecular flexibility index (Phi) is 8.81. The fourth-order valence-corrected chi connectivity index (χ4v) is 13.7. The molecule has 0 atom stereocenters. The van der Waals surface area contributed by atoms with Gasteiger partial charge in [-0.1, -0.05) is 119 Å². The highest BCUT2D eigenvalue weighted by Gasteiger charge is 2.36. The molecule has 17 rings (SSSR count). The van der Waals surface area contributed by atoms with Crippen molar-refractivity contribution in [3.63, 3.8) is 0 Å². The van der Waals surface area contributed by atoms with Crippen LogP contribution >= 0.6 is 0 Å². The first-order valence-electron chi connectivity index (χ1n) is 27.0. The smallest absolute Gasteiger partial charge is 0.237 e. The fraction of sp³-hybridized carbons (Fsp3) is 0.0556. The van der Waals surface area contributed by atoms with Crippen LogP contribution < -0.4 is 0 Å². The normalized spacial score (nSPS) is 12.2. The van der Waals surface area contributed by atoms with Gasteiger partial charge in [-0.15, -0.1) is 0 Å². The lowest BCUT2D eigenvalue weighted by molar-refractivity contribution is 0.669. The van der Waals surface area contributed by atoms with Crippen molar-refractivity contribution in [2.75, 3.05) is 0 Å². The first kappa shape index (κ1) is 44.3. The lowest BCUT2D eigenvalue weighted by Crippen LogP contribution is -2.14. The zero-order valence-electron chi connectivity index (χ0n) is 44.0. The molecule has 0 bridgehead atoms. The maximum absolute atomic E-state index is 12.8. The molecule has 0 aliphatic carbocycles. The van der Waals surface area contributed by atoms with Gasteiger partial charge in [0, 0.05) is 53.9 Å². The maximum atomic E-state index is 12.8. The van der Waals surface area contributed by atoms with E-state index >= 15 is 0 Å². The Morgan fingerprint density at radius 3 is 1.15 bits per heavy atom. The van der Waals surface area contributed by atoms with Crippen LogP contribution in [0.3, 0.4) is 0 Å². The molecule has 11 aromatic carbocycles. The summed E-state index contributed by atoms with van der Waals surface area (Å²) in [4.78, 5) is 4.87. The molecule has 0 spiro atoms. The van der Waals surface area contributed by atoms with Crippen LogP contribution in [0.2, 0.25) is 0 Å². The van der Waals surface area contributed by atoms with Crippen molar-refractivity contribution in [1.29, 1.82) is 5.26 Å². The molecule has 0 N–H and O–H groups in total. The van der Waals surface area contributed by atoms with Crippen LogP contribution in [0.25, 0.3) is 159 Å². The molecular formula is C72H44N6O2. The average molecular weight is 1030 g/mol. The lowest BCUT2D eigenvalue weighted by Gasteiger charge is -2.27. The molecule has 8 heteroatoms. The summed E-state index contributed by atoms with van der Waals surface area (Å²) in [6.07, 6.45) is 0. The Morgan fingerprint density at radius 2 is 0.725 bits per heavy atom. The van der Waals surface area contributed by atoms with E-state index in [4.69, 9.17) is 13.7 Å². The molecule has 0 aliphatic heterocycles. The Labute approximate surface area is 456 Å². The van der Waals surface area contributed by atoms with E-state index in [0.29, 0.717) is 34.0 Å². The Hall–Kier alpha value is -10.8. The van der Waals surface area contributed by atoms with Crippen molar-refractivity contribution < 1.29 is 8.83 Å². The molecule has 0 fully saturated rings. The number of rotatable bonds is 4. The molecule has 374 valence electrons. The predicted molar refractivity (Wildman–Crippen MR) is 328 cm³/mol. The van der Waals surface area contributed by atoms with Gasteiger partial charge in [-0.2, -0.15) is 5.26 Å². The third-order valence-electron chi connectivity index (χ3n) is 17.0. The Balaban J connectivity index is 1.24. The fourth-order valence-electron chi connectivity index (χ4n) is 13.7. The summed E-state index contributed by atoms with van der Waals surface area (Å²) in [5.74, 6) is 0. The monoisotopic (exact) mass is 1020 g/mol. The van der Waals surface area contributed by atoms with E-state index < -0.39 is 0 Å². The van der Waals surface area contributed by atoms with Crippen molar-refractivity contribution in [2.24, 2.45) is 0 Å². The van der Waals surface area contributed by atoms with Crippen molar-refractivity contribution in [2.45, 2.75) is 27.7 Å². The number of nitrogens with zero attached hydrogens (tertiary/aromatic N) is 6. The van der Waals surface area contributed by atoms with Crippen molar-refractivity contribution in [3.05, 3.63) is 233 Å². The van der Waals surface area contributed by atoms with Crippen molar-refractivity contribution in [3.8, 4) is 28.8 Å².